The van der Waals surface area contributed by atoms with E-state index in [2.05, 4.69) is 10.00 Å². The number of nitrogens with zero attached hydrogens (tertiary/aromatic N) is 5. The number of anilines is 1. The standard InChI is InChI=1S/C27H29N5O5S/c1-18-25-20(27(33)31-12-10-30(11-13-31)22-6-3-4-7-24(22)36-2)16-21(23-8-5-14-37-23)28-26(25)32(29-18)19-9-15-38(34,35)17-19/h3-8,14,16,19H,9-13,15,17H2,1-2H3. The number of para-hydroxylation sites is 2. The highest BCUT2D eigenvalue weighted by Crippen LogP contribution is 2.33. The lowest BCUT2D eigenvalue weighted by Gasteiger charge is -2.36. The van der Waals surface area contributed by atoms with Gasteiger partial charge in [0, 0.05) is 26.2 Å². The molecule has 1 aromatic carbocycles. The number of amides is 1. The third-order valence-electron chi connectivity index (χ3n) is 7.39. The van der Waals surface area contributed by atoms with Gasteiger partial charge >= 0.3 is 0 Å². The monoisotopic (exact) mass is 535 g/mol. The molecule has 1 amide bonds. The minimum Gasteiger partial charge on any atom is -0.495 e. The molecule has 0 aliphatic carbocycles. The van der Waals surface area contributed by atoms with Crippen LogP contribution in [0, 0.1) is 6.92 Å². The van der Waals surface area contributed by atoms with Crippen molar-refractivity contribution < 1.29 is 22.4 Å². The van der Waals surface area contributed by atoms with Crippen LogP contribution >= 0.6 is 0 Å². The molecule has 198 valence electrons. The van der Waals surface area contributed by atoms with Crippen LogP contribution < -0.4 is 9.64 Å². The van der Waals surface area contributed by atoms with E-state index in [0.717, 1.165) is 11.4 Å². The number of rotatable bonds is 5. The lowest BCUT2D eigenvalue weighted by molar-refractivity contribution is 0.0748. The van der Waals surface area contributed by atoms with E-state index in [4.69, 9.17) is 14.1 Å². The molecule has 6 rings (SSSR count). The van der Waals surface area contributed by atoms with Crippen molar-refractivity contribution in [1.82, 2.24) is 19.7 Å². The molecule has 0 radical (unpaired) electrons. The number of methoxy groups -OCH3 is 1. The number of furan rings is 1. The van der Waals surface area contributed by atoms with Crippen LogP contribution in [0.3, 0.4) is 0 Å². The van der Waals surface area contributed by atoms with Gasteiger partial charge in [-0.2, -0.15) is 5.10 Å². The van der Waals surface area contributed by atoms with Crippen LogP contribution in [0.15, 0.2) is 53.1 Å². The highest BCUT2D eigenvalue weighted by atomic mass is 32.2. The molecule has 0 saturated carbocycles. The second-order valence-corrected chi connectivity index (χ2v) is 12.0. The minimum absolute atomic E-state index is 0.0179. The van der Waals surface area contributed by atoms with Crippen LogP contribution in [0.1, 0.15) is 28.5 Å². The van der Waals surface area contributed by atoms with Gasteiger partial charge in [-0.25, -0.2) is 18.1 Å². The second kappa shape index (κ2) is 9.46. The fraction of sp³-hybridized carbons (Fsp3) is 0.370. The zero-order chi connectivity index (χ0) is 26.4. The number of piperazine rings is 1. The van der Waals surface area contributed by atoms with E-state index < -0.39 is 9.84 Å². The highest BCUT2D eigenvalue weighted by Gasteiger charge is 2.33. The first kappa shape index (κ1) is 24.5. The lowest BCUT2D eigenvalue weighted by atomic mass is 10.1. The summed E-state index contributed by atoms with van der Waals surface area (Å²) in [6, 6.07) is 12.9. The van der Waals surface area contributed by atoms with Gasteiger partial charge in [0.25, 0.3) is 5.91 Å². The maximum Gasteiger partial charge on any atom is 0.254 e. The summed E-state index contributed by atoms with van der Waals surface area (Å²) in [7, 11) is -1.47. The molecule has 1 unspecified atom stereocenters. The van der Waals surface area contributed by atoms with Crippen molar-refractivity contribution in [3.05, 3.63) is 60.0 Å². The Kier molecular flexibility index (Phi) is 6.10. The van der Waals surface area contributed by atoms with Crippen molar-refractivity contribution in [3.63, 3.8) is 0 Å². The van der Waals surface area contributed by atoms with Crippen molar-refractivity contribution in [1.29, 1.82) is 0 Å². The summed E-state index contributed by atoms with van der Waals surface area (Å²) in [5, 5.41) is 5.34. The number of fused-ring (bicyclic) bond motifs is 1. The number of carbonyl (C=O) groups is 1. The number of aryl methyl sites for hydroxylation is 1. The van der Waals surface area contributed by atoms with Crippen LogP contribution in [0.4, 0.5) is 5.69 Å². The van der Waals surface area contributed by atoms with E-state index >= 15 is 0 Å². The first-order chi connectivity index (χ1) is 18.3. The summed E-state index contributed by atoms with van der Waals surface area (Å²) in [5.41, 5.74) is 3.18. The minimum atomic E-state index is -3.13. The molecule has 11 heteroatoms. The Morgan fingerprint density at radius 2 is 1.89 bits per heavy atom. The first-order valence-electron chi connectivity index (χ1n) is 12.7. The Morgan fingerprint density at radius 3 is 2.58 bits per heavy atom. The summed E-state index contributed by atoms with van der Waals surface area (Å²) in [6.45, 7) is 4.27. The molecular formula is C27H29N5O5S. The molecule has 0 spiro atoms. The molecule has 0 N–H and O–H groups in total. The van der Waals surface area contributed by atoms with Gasteiger partial charge in [-0.15, -0.1) is 0 Å². The Hall–Kier alpha value is -3.86. The summed E-state index contributed by atoms with van der Waals surface area (Å²) in [5.74, 6) is 1.38. The molecule has 2 aliphatic rings. The summed E-state index contributed by atoms with van der Waals surface area (Å²) in [4.78, 5) is 22.9. The number of aromatic nitrogens is 3. The van der Waals surface area contributed by atoms with Crippen molar-refractivity contribution in [2.75, 3.05) is 49.7 Å². The van der Waals surface area contributed by atoms with E-state index in [-0.39, 0.29) is 23.5 Å². The predicted octanol–water partition coefficient (Wildman–Crippen LogP) is 3.33. The number of sulfone groups is 1. The van der Waals surface area contributed by atoms with Crippen LogP contribution in [0.5, 0.6) is 5.75 Å². The van der Waals surface area contributed by atoms with Gasteiger partial charge in [0.1, 0.15) is 11.4 Å². The van der Waals surface area contributed by atoms with Gasteiger partial charge in [-0.3, -0.25) is 4.79 Å². The number of carbonyl (C=O) groups excluding carboxylic acids is 1. The molecule has 2 fully saturated rings. The quantitative estimate of drug-likeness (QED) is 0.383. The number of ether oxygens (including phenoxy) is 1. The molecule has 3 aromatic heterocycles. The van der Waals surface area contributed by atoms with Crippen LogP contribution in [0.25, 0.3) is 22.5 Å². The second-order valence-electron chi connectivity index (χ2n) is 9.77. The Labute approximate surface area is 220 Å². The van der Waals surface area contributed by atoms with E-state index in [1.54, 1.807) is 36.3 Å². The van der Waals surface area contributed by atoms with Crippen molar-refractivity contribution in [2.24, 2.45) is 0 Å². The molecule has 2 aliphatic heterocycles. The molecular weight excluding hydrogens is 506 g/mol. The Balaban J connectivity index is 1.36. The van der Waals surface area contributed by atoms with Gasteiger partial charge < -0.3 is 19.0 Å². The zero-order valence-electron chi connectivity index (χ0n) is 21.3. The van der Waals surface area contributed by atoms with Gasteiger partial charge in [0.15, 0.2) is 21.2 Å². The fourth-order valence-corrected chi connectivity index (χ4v) is 7.16. The first-order valence-corrected chi connectivity index (χ1v) is 14.5. The number of pyridine rings is 1. The van der Waals surface area contributed by atoms with E-state index in [0.29, 0.717) is 66.3 Å². The van der Waals surface area contributed by atoms with E-state index in [9.17, 15) is 13.2 Å². The molecule has 2 saturated heterocycles. The Bertz CT molecular complexity index is 1600. The van der Waals surface area contributed by atoms with Gasteiger partial charge in [0.2, 0.25) is 0 Å². The SMILES string of the molecule is COc1ccccc1N1CCN(C(=O)c2cc(-c3ccco3)nc3c2c(C)nn3C2CCS(=O)(=O)C2)CC1. The highest BCUT2D eigenvalue weighted by molar-refractivity contribution is 7.91. The average molecular weight is 536 g/mol. The molecule has 5 heterocycles. The van der Waals surface area contributed by atoms with Crippen molar-refractivity contribution in [3.8, 4) is 17.2 Å². The number of benzene rings is 1. The topological polar surface area (TPSA) is 111 Å². The summed E-state index contributed by atoms with van der Waals surface area (Å²) < 4.78 is 37.2. The molecule has 38 heavy (non-hydrogen) atoms. The van der Waals surface area contributed by atoms with Crippen molar-refractivity contribution >= 4 is 32.5 Å². The predicted molar refractivity (Wildman–Crippen MR) is 143 cm³/mol. The van der Waals surface area contributed by atoms with E-state index in [1.807, 2.05) is 36.1 Å². The van der Waals surface area contributed by atoms with Crippen LogP contribution in [-0.4, -0.2) is 78.8 Å². The third kappa shape index (κ3) is 4.30. The van der Waals surface area contributed by atoms with Gasteiger partial charge in [-0.05, 0) is 43.7 Å². The molecule has 10 nitrogen and oxygen atoms in total. The molecule has 1 atom stereocenters. The normalized spacial score (nSPS) is 19.3. The van der Waals surface area contributed by atoms with Crippen molar-refractivity contribution in [2.45, 2.75) is 19.4 Å². The van der Waals surface area contributed by atoms with E-state index in [1.165, 1.54) is 0 Å². The number of hydrogen-bond acceptors (Lipinski definition) is 8. The molecule has 0 bridgehead atoms. The number of hydrogen-bond donors (Lipinski definition) is 0. The average Bonchev–Trinajstić information content (AvgIpc) is 3.67. The maximum absolute atomic E-state index is 14.0. The van der Waals surface area contributed by atoms with Gasteiger partial charge in [-0.1, -0.05) is 12.1 Å². The Morgan fingerprint density at radius 1 is 1.11 bits per heavy atom. The van der Waals surface area contributed by atoms with Crippen LogP contribution in [0.2, 0.25) is 0 Å². The maximum atomic E-state index is 14.0. The summed E-state index contributed by atoms with van der Waals surface area (Å²) >= 11 is 0. The van der Waals surface area contributed by atoms with Gasteiger partial charge in [0.05, 0.1) is 53.3 Å². The smallest absolute Gasteiger partial charge is 0.254 e. The zero-order valence-corrected chi connectivity index (χ0v) is 22.1. The fourth-order valence-electron chi connectivity index (χ4n) is 5.47. The largest absolute Gasteiger partial charge is 0.495 e. The third-order valence-corrected chi connectivity index (χ3v) is 9.14. The lowest BCUT2D eigenvalue weighted by Crippen LogP contribution is -2.49. The summed E-state index contributed by atoms with van der Waals surface area (Å²) in [6.07, 6.45) is 2.03. The van der Waals surface area contributed by atoms with Crippen LogP contribution in [-0.2, 0) is 9.84 Å². The molecule has 4 aromatic rings.